The summed E-state index contributed by atoms with van der Waals surface area (Å²) in [7, 11) is 0. The van der Waals surface area contributed by atoms with E-state index in [-0.39, 0.29) is 11.4 Å². The van der Waals surface area contributed by atoms with Crippen LogP contribution in [-0.4, -0.2) is 10.9 Å². The van der Waals surface area contributed by atoms with Gasteiger partial charge < -0.3 is 10.1 Å². The van der Waals surface area contributed by atoms with Crippen LogP contribution in [0, 0.1) is 0 Å². The van der Waals surface area contributed by atoms with Gasteiger partial charge in [0, 0.05) is 21.7 Å². The van der Waals surface area contributed by atoms with Crippen molar-refractivity contribution >= 4 is 34.5 Å². The fraction of sp³-hybridized carbons (Fsp3) is 0.0833. The third-order valence-electron chi connectivity index (χ3n) is 4.63. The number of nitrogens with one attached hydrogen (secondary N) is 1. The maximum absolute atomic E-state index is 12.7. The van der Waals surface area contributed by atoms with Crippen LogP contribution in [0.1, 0.15) is 21.6 Å². The molecule has 0 saturated heterocycles. The Morgan fingerprint density at radius 3 is 2.27 bits per heavy atom. The lowest BCUT2D eigenvalue weighted by Gasteiger charge is -2.08. The smallest absolute Gasteiger partial charge is 0.416 e. The van der Waals surface area contributed by atoms with Crippen molar-refractivity contribution in [1.82, 2.24) is 4.98 Å². The first-order valence-corrected chi connectivity index (χ1v) is 11.0. The number of hydrogen-bond donors (Lipinski definition) is 1. The van der Waals surface area contributed by atoms with Gasteiger partial charge >= 0.3 is 6.18 Å². The third kappa shape index (κ3) is 5.91. The van der Waals surface area contributed by atoms with Crippen LogP contribution in [-0.2, 0) is 12.8 Å². The van der Waals surface area contributed by atoms with E-state index in [1.807, 2.05) is 36.4 Å². The Bertz CT molecular complexity index is 1240. The Morgan fingerprint density at radius 1 is 0.970 bits per heavy atom. The topological polar surface area (TPSA) is 51.2 Å². The number of nitrogens with zero attached hydrogens (tertiary/aromatic N) is 1. The molecule has 0 fully saturated rings. The van der Waals surface area contributed by atoms with E-state index in [9.17, 15) is 18.0 Å². The van der Waals surface area contributed by atoms with Gasteiger partial charge in [0.1, 0.15) is 23.1 Å². The second-order valence-electron chi connectivity index (χ2n) is 7.01. The fourth-order valence-corrected chi connectivity index (χ4v) is 3.82. The van der Waals surface area contributed by atoms with Gasteiger partial charge in [-0.05, 0) is 66.2 Å². The summed E-state index contributed by atoms with van der Waals surface area (Å²) < 4.78 is 43.8. The van der Waals surface area contributed by atoms with Gasteiger partial charge in [-0.3, -0.25) is 4.79 Å². The average molecular weight is 489 g/mol. The number of rotatable bonds is 6. The molecule has 4 aromatic rings. The Hall–Kier alpha value is -3.36. The van der Waals surface area contributed by atoms with E-state index < -0.39 is 17.6 Å². The van der Waals surface area contributed by atoms with E-state index in [0.29, 0.717) is 22.4 Å². The average Bonchev–Trinajstić information content (AvgIpc) is 3.29. The van der Waals surface area contributed by atoms with Crippen LogP contribution in [0.25, 0.3) is 10.6 Å². The molecule has 1 aromatic heterocycles. The van der Waals surface area contributed by atoms with Crippen molar-refractivity contribution < 1.29 is 22.7 Å². The molecule has 0 radical (unpaired) electrons. The molecular weight excluding hydrogens is 473 g/mol. The summed E-state index contributed by atoms with van der Waals surface area (Å²) in [5.74, 6) is 0.186. The van der Waals surface area contributed by atoms with Gasteiger partial charge in [0.25, 0.3) is 5.91 Å². The zero-order valence-corrected chi connectivity index (χ0v) is 18.5. The normalized spacial score (nSPS) is 11.3. The number of carbonyl (C=O) groups excluding carboxylic acids is 1. The van der Waals surface area contributed by atoms with Crippen molar-refractivity contribution in [2.45, 2.75) is 12.8 Å². The molecule has 0 unspecified atom stereocenters. The number of benzene rings is 3. The molecule has 4 rings (SSSR count). The standard InChI is InChI=1S/C24H16ClF3N2O2S/c25-18-7-1-15(2-8-18)13-32-20-11-3-16(4-12-20)23-30-21(14-33-23)22(31)29-19-9-5-17(6-10-19)24(26,27)28/h1-12,14H,13H2,(H,29,31). The minimum Gasteiger partial charge on any atom is -0.489 e. The van der Waals surface area contributed by atoms with Crippen molar-refractivity contribution in [2.24, 2.45) is 0 Å². The molecule has 0 aliphatic carbocycles. The molecule has 4 nitrogen and oxygen atoms in total. The van der Waals surface area contributed by atoms with Gasteiger partial charge in [0.05, 0.1) is 5.56 Å². The molecular formula is C24H16ClF3N2O2S. The van der Waals surface area contributed by atoms with Crippen LogP contribution >= 0.6 is 22.9 Å². The van der Waals surface area contributed by atoms with Gasteiger partial charge in [-0.15, -0.1) is 11.3 Å². The molecule has 0 atom stereocenters. The van der Waals surface area contributed by atoms with Gasteiger partial charge in [-0.25, -0.2) is 4.98 Å². The number of anilines is 1. The largest absolute Gasteiger partial charge is 0.489 e. The van der Waals surface area contributed by atoms with Crippen LogP contribution < -0.4 is 10.1 Å². The number of halogens is 4. The summed E-state index contributed by atoms with van der Waals surface area (Å²) in [4.78, 5) is 16.8. The Morgan fingerprint density at radius 2 is 1.64 bits per heavy atom. The summed E-state index contributed by atoms with van der Waals surface area (Å²) in [5, 5.41) is 5.45. The zero-order valence-electron chi connectivity index (χ0n) is 16.9. The van der Waals surface area contributed by atoms with Crippen molar-refractivity contribution in [3.05, 3.63) is 100 Å². The van der Waals surface area contributed by atoms with Gasteiger partial charge in [-0.2, -0.15) is 13.2 Å². The number of ether oxygens (including phenoxy) is 1. The first-order chi connectivity index (χ1) is 15.8. The quantitative estimate of drug-likeness (QED) is 0.309. The maximum Gasteiger partial charge on any atom is 0.416 e. The van der Waals surface area contributed by atoms with Crippen molar-refractivity contribution in [1.29, 1.82) is 0 Å². The second kappa shape index (κ2) is 9.64. The first kappa shape index (κ1) is 22.8. The molecule has 3 aromatic carbocycles. The Labute approximate surface area is 196 Å². The number of hydrogen-bond acceptors (Lipinski definition) is 4. The minimum absolute atomic E-state index is 0.179. The van der Waals surface area contributed by atoms with Crippen molar-refractivity contribution in [2.75, 3.05) is 5.32 Å². The highest BCUT2D eigenvalue weighted by Crippen LogP contribution is 2.30. The van der Waals surface area contributed by atoms with Crippen LogP contribution in [0.2, 0.25) is 5.02 Å². The summed E-state index contributed by atoms with van der Waals surface area (Å²) in [6.07, 6.45) is -4.43. The summed E-state index contributed by atoms with van der Waals surface area (Å²) in [5.41, 5.74) is 1.46. The van der Waals surface area contributed by atoms with Gasteiger partial charge in [0.15, 0.2) is 0 Å². The summed E-state index contributed by atoms with van der Waals surface area (Å²) in [6, 6.07) is 18.9. The molecule has 0 aliphatic heterocycles. The molecule has 1 N–H and O–H groups in total. The summed E-state index contributed by atoms with van der Waals surface area (Å²) in [6.45, 7) is 0.405. The zero-order chi connectivity index (χ0) is 23.4. The maximum atomic E-state index is 12.7. The molecule has 0 spiro atoms. The van der Waals surface area contributed by atoms with E-state index in [0.717, 1.165) is 23.3 Å². The number of amides is 1. The number of alkyl halides is 3. The van der Waals surface area contributed by atoms with E-state index >= 15 is 0 Å². The second-order valence-corrected chi connectivity index (χ2v) is 8.30. The molecule has 0 saturated carbocycles. The Kier molecular flexibility index (Phi) is 6.67. The predicted octanol–water partition coefficient (Wildman–Crippen LogP) is 7.31. The molecule has 168 valence electrons. The Balaban J connectivity index is 1.37. The fourth-order valence-electron chi connectivity index (χ4n) is 2.89. The third-order valence-corrected chi connectivity index (χ3v) is 5.77. The highest BCUT2D eigenvalue weighted by atomic mass is 35.5. The number of thiazole rings is 1. The lowest BCUT2D eigenvalue weighted by Crippen LogP contribution is -2.12. The van der Waals surface area contributed by atoms with Crippen molar-refractivity contribution in [3.63, 3.8) is 0 Å². The lowest BCUT2D eigenvalue weighted by molar-refractivity contribution is -0.137. The molecule has 33 heavy (non-hydrogen) atoms. The monoisotopic (exact) mass is 488 g/mol. The SMILES string of the molecule is O=C(Nc1ccc(C(F)(F)F)cc1)c1csc(-c2ccc(OCc3ccc(Cl)cc3)cc2)n1. The van der Waals surface area contributed by atoms with E-state index in [1.54, 1.807) is 17.5 Å². The molecule has 0 bridgehead atoms. The van der Waals surface area contributed by atoms with Crippen LogP contribution in [0.15, 0.2) is 78.2 Å². The van der Waals surface area contributed by atoms with Crippen LogP contribution in [0.3, 0.4) is 0 Å². The lowest BCUT2D eigenvalue weighted by atomic mass is 10.2. The van der Waals surface area contributed by atoms with E-state index in [1.165, 1.54) is 23.5 Å². The molecule has 1 amide bonds. The van der Waals surface area contributed by atoms with E-state index in [4.69, 9.17) is 16.3 Å². The van der Waals surface area contributed by atoms with Crippen LogP contribution in [0.4, 0.5) is 18.9 Å². The summed E-state index contributed by atoms with van der Waals surface area (Å²) >= 11 is 7.17. The van der Waals surface area contributed by atoms with Gasteiger partial charge in [-0.1, -0.05) is 23.7 Å². The van der Waals surface area contributed by atoms with Gasteiger partial charge in [0.2, 0.25) is 0 Å². The predicted molar refractivity (Wildman–Crippen MR) is 123 cm³/mol. The molecule has 0 aliphatic rings. The highest BCUT2D eigenvalue weighted by Gasteiger charge is 2.30. The first-order valence-electron chi connectivity index (χ1n) is 9.70. The minimum atomic E-state index is -4.43. The molecule has 1 heterocycles. The van der Waals surface area contributed by atoms with E-state index in [2.05, 4.69) is 10.3 Å². The highest BCUT2D eigenvalue weighted by molar-refractivity contribution is 7.13. The number of aromatic nitrogens is 1. The van der Waals surface area contributed by atoms with Crippen molar-refractivity contribution in [3.8, 4) is 16.3 Å². The number of carbonyl (C=O) groups is 1. The van der Waals surface area contributed by atoms with Crippen LogP contribution in [0.5, 0.6) is 5.75 Å². The molecule has 9 heteroatoms.